The second kappa shape index (κ2) is 6.04. The molecule has 5 heteroatoms. The molecule has 3 N–H and O–H groups in total. The number of nitrogens with zero attached hydrogens (tertiary/aromatic N) is 2. The summed E-state index contributed by atoms with van der Waals surface area (Å²) in [5.41, 5.74) is 7.01. The van der Waals surface area contributed by atoms with Gasteiger partial charge in [-0.15, -0.1) is 0 Å². The number of nitrogens with one attached hydrogen (secondary N) is 1. The number of aromatic nitrogens is 2. The molecule has 1 aromatic carbocycles. The number of anilines is 2. The topological polar surface area (TPSA) is 72.9 Å². The summed E-state index contributed by atoms with van der Waals surface area (Å²) in [6, 6.07) is 7.24. The highest BCUT2D eigenvalue weighted by Gasteiger charge is 2.06. The maximum absolute atomic E-state index is 11.9. The number of amides is 1. The third-order valence-corrected chi connectivity index (χ3v) is 2.93. The molecule has 2 aromatic rings. The molecule has 5 nitrogen and oxygen atoms in total. The second-order valence-corrected chi connectivity index (χ2v) is 4.28. The number of benzene rings is 1. The molecule has 0 saturated heterocycles. The second-order valence-electron chi connectivity index (χ2n) is 4.28. The van der Waals surface area contributed by atoms with Gasteiger partial charge in [-0.1, -0.05) is 19.1 Å². The number of nitrogen functional groups attached to an aromatic ring is 1. The van der Waals surface area contributed by atoms with Crippen LogP contribution in [0.5, 0.6) is 0 Å². The van der Waals surface area contributed by atoms with E-state index in [4.69, 9.17) is 5.73 Å². The lowest BCUT2D eigenvalue weighted by molar-refractivity contribution is -0.116. The molecule has 1 amide bonds. The summed E-state index contributed by atoms with van der Waals surface area (Å²) in [7, 11) is 0. The van der Waals surface area contributed by atoms with Gasteiger partial charge in [-0.2, -0.15) is 0 Å². The van der Waals surface area contributed by atoms with Gasteiger partial charge in [0.25, 0.3) is 0 Å². The fourth-order valence-corrected chi connectivity index (χ4v) is 1.90. The molecule has 0 bridgehead atoms. The summed E-state index contributed by atoms with van der Waals surface area (Å²) in [5, 5.41) is 2.81. The molecule has 0 aliphatic rings. The highest BCUT2D eigenvalue weighted by Crippen LogP contribution is 2.16. The first kappa shape index (κ1) is 13.1. The summed E-state index contributed by atoms with van der Waals surface area (Å²) in [6.45, 7) is 2.67. The summed E-state index contributed by atoms with van der Waals surface area (Å²) in [5.74, 6) is 0.945. The molecule has 100 valence electrons. The number of aryl methyl sites for hydroxylation is 2. The molecule has 0 fully saturated rings. The van der Waals surface area contributed by atoms with E-state index in [1.54, 1.807) is 18.3 Å². The monoisotopic (exact) mass is 258 g/mol. The number of hydrogen-bond acceptors (Lipinski definition) is 3. The first-order valence-electron chi connectivity index (χ1n) is 6.35. The average Bonchev–Trinajstić information content (AvgIpc) is 2.86. The van der Waals surface area contributed by atoms with Crippen LogP contribution in [0.2, 0.25) is 0 Å². The van der Waals surface area contributed by atoms with E-state index in [2.05, 4.69) is 10.3 Å². The Kier molecular flexibility index (Phi) is 4.18. The van der Waals surface area contributed by atoms with E-state index in [0.717, 1.165) is 12.2 Å². The number of carbonyl (C=O) groups is 1. The van der Waals surface area contributed by atoms with Crippen molar-refractivity contribution in [3.05, 3.63) is 42.5 Å². The van der Waals surface area contributed by atoms with Crippen molar-refractivity contribution in [1.29, 1.82) is 0 Å². The summed E-state index contributed by atoms with van der Waals surface area (Å²) < 4.78 is 1.99. The van der Waals surface area contributed by atoms with Crippen LogP contribution < -0.4 is 11.1 Å². The van der Waals surface area contributed by atoms with Gasteiger partial charge in [0, 0.05) is 31.8 Å². The average molecular weight is 258 g/mol. The van der Waals surface area contributed by atoms with Crippen molar-refractivity contribution in [1.82, 2.24) is 9.55 Å². The highest BCUT2D eigenvalue weighted by atomic mass is 16.1. The minimum atomic E-state index is -0.0475. The fraction of sp³-hybridized carbons (Fsp3) is 0.286. The van der Waals surface area contributed by atoms with Gasteiger partial charge in [-0.3, -0.25) is 4.79 Å². The molecule has 0 unspecified atom stereocenters. The Hall–Kier alpha value is -2.30. The van der Waals surface area contributed by atoms with Crippen LogP contribution in [0.15, 0.2) is 36.7 Å². The van der Waals surface area contributed by atoms with Crippen molar-refractivity contribution < 1.29 is 4.79 Å². The maximum atomic E-state index is 11.9. The Bertz CT molecular complexity index is 562. The summed E-state index contributed by atoms with van der Waals surface area (Å²) in [6.07, 6.45) is 4.91. The van der Waals surface area contributed by atoms with Crippen LogP contribution in [0, 0.1) is 0 Å². The predicted octanol–water partition coefficient (Wildman–Crippen LogP) is 2.06. The first-order chi connectivity index (χ1) is 9.20. The molecule has 0 aliphatic carbocycles. The van der Waals surface area contributed by atoms with Crippen molar-refractivity contribution in [2.75, 3.05) is 11.1 Å². The number of carbonyl (C=O) groups excluding carboxylic acids is 1. The van der Waals surface area contributed by atoms with E-state index in [1.165, 1.54) is 0 Å². The highest BCUT2D eigenvalue weighted by molar-refractivity contribution is 5.93. The van der Waals surface area contributed by atoms with Gasteiger partial charge in [0.1, 0.15) is 5.82 Å². The zero-order valence-electron chi connectivity index (χ0n) is 11.0. The van der Waals surface area contributed by atoms with Gasteiger partial charge in [0.05, 0.1) is 11.4 Å². The third kappa shape index (κ3) is 3.34. The number of hydrogen-bond donors (Lipinski definition) is 2. The molecule has 0 aliphatic heterocycles. The zero-order chi connectivity index (χ0) is 13.7. The molecular weight excluding hydrogens is 240 g/mol. The van der Waals surface area contributed by atoms with Gasteiger partial charge < -0.3 is 15.6 Å². The summed E-state index contributed by atoms with van der Waals surface area (Å²) in [4.78, 5) is 16.1. The van der Waals surface area contributed by atoms with E-state index < -0.39 is 0 Å². The smallest absolute Gasteiger partial charge is 0.226 e. The number of imidazole rings is 1. The zero-order valence-corrected chi connectivity index (χ0v) is 11.0. The first-order valence-corrected chi connectivity index (χ1v) is 6.35. The van der Waals surface area contributed by atoms with Crippen LogP contribution in [-0.2, 0) is 17.8 Å². The van der Waals surface area contributed by atoms with E-state index in [0.29, 0.717) is 24.3 Å². The molecule has 0 saturated carbocycles. The minimum Gasteiger partial charge on any atom is -0.397 e. The normalized spacial score (nSPS) is 10.4. The molecule has 0 radical (unpaired) electrons. The standard InChI is InChI=1S/C14H18N4O/c1-2-13-16-8-10-18(13)9-7-14(19)17-12-6-4-3-5-11(12)15/h3-6,8,10H,2,7,9,15H2,1H3,(H,17,19). The van der Waals surface area contributed by atoms with Gasteiger partial charge in [-0.25, -0.2) is 4.98 Å². The van der Waals surface area contributed by atoms with Crippen LogP contribution in [-0.4, -0.2) is 15.5 Å². The lowest BCUT2D eigenvalue weighted by Gasteiger charge is -2.09. The van der Waals surface area contributed by atoms with E-state index in [1.807, 2.05) is 29.8 Å². The molecule has 0 spiro atoms. The Morgan fingerprint density at radius 3 is 2.95 bits per heavy atom. The van der Waals surface area contributed by atoms with Crippen LogP contribution >= 0.6 is 0 Å². The van der Waals surface area contributed by atoms with Gasteiger partial charge >= 0.3 is 0 Å². The van der Waals surface area contributed by atoms with Gasteiger partial charge in [0.15, 0.2) is 0 Å². The molecular formula is C14H18N4O. The van der Waals surface area contributed by atoms with Gasteiger partial charge in [-0.05, 0) is 12.1 Å². The van der Waals surface area contributed by atoms with Gasteiger partial charge in [0.2, 0.25) is 5.91 Å². The molecule has 1 heterocycles. The number of para-hydroxylation sites is 2. The Morgan fingerprint density at radius 1 is 1.42 bits per heavy atom. The number of nitrogens with two attached hydrogens (primary N) is 1. The Balaban J connectivity index is 1.90. The lowest BCUT2D eigenvalue weighted by atomic mass is 10.2. The van der Waals surface area contributed by atoms with E-state index >= 15 is 0 Å². The summed E-state index contributed by atoms with van der Waals surface area (Å²) >= 11 is 0. The predicted molar refractivity (Wildman–Crippen MR) is 75.7 cm³/mol. The molecule has 19 heavy (non-hydrogen) atoms. The molecule has 1 aromatic heterocycles. The van der Waals surface area contributed by atoms with Crippen molar-refractivity contribution in [3.63, 3.8) is 0 Å². The number of rotatable bonds is 5. The molecule has 0 atom stereocenters. The van der Waals surface area contributed by atoms with Crippen LogP contribution in [0.1, 0.15) is 19.2 Å². The van der Waals surface area contributed by atoms with E-state index in [-0.39, 0.29) is 5.91 Å². The van der Waals surface area contributed by atoms with Crippen molar-refractivity contribution >= 4 is 17.3 Å². The molecule has 2 rings (SSSR count). The van der Waals surface area contributed by atoms with Crippen molar-refractivity contribution in [3.8, 4) is 0 Å². The Morgan fingerprint density at radius 2 is 2.21 bits per heavy atom. The van der Waals surface area contributed by atoms with Crippen LogP contribution in [0.3, 0.4) is 0 Å². The van der Waals surface area contributed by atoms with E-state index in [9.17, 15) is 4.79 Å². The van der Waals surface area contributed by atoms with Crippen molar-refractivity contribution in [2.45, 2.75) is 26.3 Å². The van der Waals surface area contributed by atoms with Crippen LogP contribution in [0.4, 0.5) is 11.4 Å². The lowest BCUT2D eigenvalue weighted by Crippen LogP contribution is -2.16. The minimum absolute atomic E-state index is 0.0475. The quantitative estimate of drug-likeness (QED) is 0.806. The fourth-order valence-electron chi connectivity index (χ4n) is 1.90. The SMILES string of the molecule is CCc1nccn1CCC(=O)Nc1ccccc1N. The third-order valence-electron chi connectivity index (χ3n) is 2.93. The van der Waals surface area contributed by atoms with Crippen LogP contribution in [0.25, 0.3) is 0 Å². The largest absolute Gasteiger partial charge is 0.397 e. The van der Waals surface area contributed by atoms with Crippen molar-refractivity contribution in [2.24, 2.45) is 0 Å². The Labute approximate surface area is 112 Å². The maximum Gasteiger partial charge on any atom is 0.226 e.